The molecule has 2 aromatic rings. The molecule has 1 fully saturated rings. The van der Waals surface area contributed by atoms with Gasteiger partial charge in [0.25, 0.3) is 0 Å². The lowest BCUT2D eigenvalue weighted by atomic mass is 9.82. The molecule has 1 aromatic carbocycles. The van der Waals surface area contributed by atoms with E-state index in [2.05, 4.69) is 40.5 Å². The minimum atomic E-state index is 0.261. The maximum atomic E-state index is 6.34. The van der Waals surface area contributed by atoms with E-state index in [1.165, 1.54) is 12.0 Å². The highest BCUT2D eigenvalue weighted by molar-refractivity contribution is 8.03. The Morgan fingerprint density at radius 1 is 1.14 bits per heavy atom. The van der Waals surface area contributed by atoms with Gasteiger partial charge in [-0.2, -0.15) is 0 Å². The van der Waals surface area contributed by atoms with Gasteiger partial charge in [0.15, 0.2) is 8.68 Å². The molecule has 1 aliphatic carbocycles. The van der Waals surface area contributed by atoms with E-state index < -0.39 is 0 Å². The van der Waals surface area contributed by atoms with Gasteiger partial charge in [-0.15, -0.1) is 10.2 Å². The van der Waals surface area contributed by atoms with Gasteiger partial charge in [0.05, 0.1) is 0 Å². The second kappa shape index (κ2) is 7.13. The summed E-state index contributed by atoms with van der Waals surface area (Å²) in [4.78, 5) is 0. The molecule has 3 unspecified atom stereocenters. The highest BCUT2D eigenvalue weighted by Crippen LogP contribution is 2.41. The van der Waals surface area contributed by atoms with Crippen LogP contribution in [0.5, 0.6) is 0 Å². The summed E-state index contributed by atoms with van der Waals surface area (Å²) < 4.78 is 2.08. The van der Waals surface area contributed by atoms with Crippen molar-refractivity contribution in [2.45, 2.75) is 45.2 Å². The maximum absolute atomic E-state index is 6.34. The predicted octanol–water partition coefficient (Wildman–Crippen LogP) is 4.02. The Labute approximate surface area is 138 Å². The fourth-order valence-electron chi connectivity index (χ4n) is 2.77. The fourth-order valence-corrected chi connectivity index (χ4v) is 5.72. The molecule has 0 spiro atoms. The number of nitrogens with two attached hydrogens (primary N) is 1. The summed E-state index contributed by atoms with van der Waals surface area (Å²) in [5.41, 5.74) is 7.78. The predicted molar refractivity (Wildman–Crippen MR) is 92.3 cm³/mol. The molecule has 1 aromatic heterocycles. The lowest BCUT2D eigenvalue weighted by Crippen LogP contribution is -2.37. The van der Waals surface area contributed by atoms with E-state index in [1.807, 2.05) is 18.0 Å². The maximum Gasteiger partial charge on any atom is 0.175 e. The third-order valence-corrected chi connectivity index (χ3v) is 7.29. The topological polar surface area (TPSA) is 51.8 Å². The van der Waals surface area contributed by atoms with E-state index in [0.29, 0.717) is 11.2 Å². The fraction of sp³-hybridized carbons (Fsp3) is 0.467. The van der Waals surface area contributed by atoms with Crippen LogP contribution in [0.3, 0.4) is 0 Å². The SMILES string of the molecule is CSc1nnc(SC2CC(c3ccccc3)CCC2N)s1. The molecule has 6 heteroatoms. The van der Waals surface area contributed by atoms with Gasteiger partial charge in [-0.1, -0.05) is 65.2 Å². The molecule has 3 nitrogen and oxygen atoms in total. The van der Waals surface area contributed by atoms with Crippen LogP contribution in [0.1, 0.15) is 30.7 Å². The normalized spacial score (nSPS) is 25.9. The molecule has 1 saturated carbocycles. The first-order chi connectivity index (χ1) is 10.3. The van der Waals surface area contributed by atoms with Crippen molar-refractivity contribution in [1.82, 2.24) is 10.2 Å². The van der Waals surface area contributed by atoms with E-state index in [9.17, 15) is 0 Å². The molecule has 0 saturated heterocycles. The van der Waals surface area contributed by atoms with Gasteiger partial charge < -0.3 is 5.73 Å². The summed E-state index contributed by atoms with van der Waals surface area (Å²) in [6, 6.07) is 11.1. The first-order valence-corrected chi connectivity index (χ1v) is 10.0. The Bertz CT molecular complexity index is 573. The molecule has 112 valence electrons. The van der Waals surface area contributed by atoms with Gasteiger partial charge in [0, 0.05) is 11.3 Å². The van der Waals surface area contributed by atoms with Crippen LogP contribution in [0.4, 0.5) is 0 Å². The van der Waals surface area contributed by atoms with Gasteiger partial charge in [-0.05, 0) is 37.0 Å². The zero-order chi connectivity index (χ0) is 14.7. The molecule has 3 atom stereocenters. The van der Waals surface area contributed by atoms with Gasteiger partial charge in [0.2, 0.25) is 0 Å². The third-order valence-electron chi connectivity index (χ3n) is 3.93. The molecule has 0 radical (unpaired) electrons. The Hall–Kier alpha value is -0.560. The number of rotatable bonds is 4. The van der Waals surface area contributed by atoms with Crippen molar-refractivity contribution in [1.29, 1.82) is 0 Å². The van der Waals surface area contributed by atoms with Crippen molar-refractivity contribution in [3.63, 3.8) is 0 Å². The van der Waals surface area contributed by atoms with Crippen molar-refractivity contribution in [3.8, 4) is 0 Å². The second-order valence-electron chi connectivity index (χ2n) is 5.28. The van der Waals surface area contributed by atoms with Crippen molar-refractivity contribution in [3.05, 3.63) is 35.9 Å². The molecule has 21 heavy (non-hydrogen) atoms. The molecule has 1 aliphatic rings. The van der Waals surface area contributed by atoms with E-state index in [-0.39, 0.29) is 6.04 Å². The third kappa shape index (κ3) is 3.80. The van der Waals surface area contributed by atoms with Crippen molar-refractivity contribution in [2.75, 3.05) is 6.26 Å². The largest absolute Gasteiger partial charge is 0.327 e. The molecule has 3 rings (SSSR count). The molecule has 2 N–H and O–H groups in total. The quantitative estimate of drug-likeness (QED) is 0.854. The molecule has 0 bridgehead atoms. The zero-order valence-corrected chi connectivity index (χ0v) is 14.4. The summed E-state index contributed by atoms with van der Waals surface area (Å²) in [5.74, 6) is 0.622. The highest BCUT2D eigenvalue weighted by atomic mass is 32.2. The summed E-state index contributed by atoms with van der Waals surface area (Å²) in [5, 5.41) is 8.88. The Morgan fingerprint density at radius 2 is 1.90 bits per heavy atom. The van der Waals surface area contributed by atoms with E-state index in [0.717, 1.165) is 21.5 Å². The Balaban J connectivity index is 1.69. The van der Waals surface area contributed by atoms with Crippen LogP contribution in [-0.4, -0.2) is 27.7 Å². The van der Waals surface area contributed by atoms with Crippen LogP contribution in [0.2, 0.25) is 0 Å². The molecule has 0 amide bonds. The molecular formula is C15H19N3S3. The van der Waals surface area contributed by atoms with Gasteiger partial charge in [-0.25, -0.2) is 0 Å². The first kappa shape index (κ1) is 15.3. The summed E-state index contributed by atoms with van der Waals surface area (Å²) in [6.45, 7) is 0. The summed E-state index contributed by atoms with van der Waals surface area (Å²) in [7, 11) is 0. The number of hydrogen-bond donors (Lipinski definition) is 1. The van der Waals surface area contributed by atoms with Crippen LogP contribution in [-0.2, 0) is 0 Å². The standard InChI is InChI=1S/C15H19N3S3/c1-19-14-17-18-15(21-14)20-13-9-11(7-8-12(13)16)10-5-3-2-4-6-10/h2-6,11-13H,7-9,16H2,1H3. The number of hydrogen-bond acceptors (Lipinski definition) is 6. The second-order valence-corrected chi connectivity index (χ2v) is 8.80. The van der Waals surface area contributed by atoms with Crippen molar-refractivity contribution >= 4 is 34.9 Å². The van der Waals surface area contributed by atoms with Crippen LogP contribution in [0, 0.1) is 0 Å². The number of thioether (sulfide) groups is 2. The first-order valence-electron chi connectivity index (χ1n) is 7.11. The summed E-state index contributed by atoms with van der Waals surface area (Å²) in [6.07, 6.45) is 5.44. The van der Waals surface area contributed by atoms with Crippen LogP contribution in [0.15, 0.2) is 39.0 Å². The van der Waals surface area contributed by atoms with E-state index >= 15 is 0 Å². The lowest BCUT2D eigenvalue weighted by Gasteiger charge is -2.33. The van der Waals surface area contributed by atoms with Crippen LogP contribution in [0.25, 0.3) is 0 Å². The number of nitrogens with zero attached hydrogens (tertiary/aromatic N) is 2. The minimum Gasteiger partial charge on any atom is -0.327 e. The van der Waals surface area contributed by atoms with Crippen molar-refractivity contribution < 1.29 is 0 Å². The molecule has 1 heterocycles. The monoisotopic (exact) mass is 337 g/mol. The van der Waals surface area contributed by atoms with E-state index in [4.69, 9.17) is 5.73 Å². The molecular weight excluding hydrogens is 318 g/mol. The van der Waals surface area contributed by atoms with Crippen LogP contribution < -0.4 is 5.73 Å². The van der Waals surface area contributed by atoms with Gasteiger partial charge in [-0.3, -0.25) is 0 Å². The number of benzene rings is 1. The van der Waals surface area contributed by atoms with Crippen LogP contribution >= 0.6 is 34.9 Å². The Kier molecular flexibility index (Phi) is 5.21. The lowest BCUT2D eigenvalue weighted by molar-refractivity contribution is 0.406. The average molecular weight is 338 g/mol. The van der Waals surface area contributed by atoms with Gasteiger partial charge >= 0.3 is 0 Å². The highest BCUT2D eigenvalue weighted by Gasteiger charge is 2.30. The average Bonchev–Trinajstić information content (AvgIpc) is 2.98. The summed E-state index contributed by atoms with van der Waals surface area (Å²) >= 11 is 5.14. The minimum absolute atomic E-state index is 0.261. The van der Waals surface area contributed by atoms with Crippen molar-refractivity contribution in [2.24, 2.45) is 5.73 Å². The molecule has 0 aliphatic heterocycles. The Morgan fingerprint density at radius 3 is 2.62 bits per heavy atom. The zero-order valence-electron chi connectivity index (χ0n) is 11.9. The smallest absolute Gasteiger partial charge is 0.175 e. The van der Waals surface area contributed by atoms with E-state index in [1.54, 1.807) is 23.1 Å². The van der Waals surface area contributed by atoms with Gasteiger partial charge in [0.1, 0.15) is 0 Å². The number of aromatic nitrogens is 2.